The maximum absolute atomic E-state index is 13.1. The topological polar surface area (TPSA) is 57.0 Å². The molecule has 0 fully saturated rings. The lowest BCUT2D eigenvalue weighted by molar-refractivity contribution is -0.144. The van der Waals surface area contributed by atoms with E-state index in [0.29, 0.717) is 17.9 Å². The lowest BCUT2D eigenvalue weighted by Gasteiger charge is -2.16. The van der Waals surface area contributed by atoms with Crippen molar-refractivity contribution >= 4 is 5.97 Å². The van der Waals surface area contributed by atoms with Gasteiger partial charge in [0, 0.05) is 6.54 Å². The maximum atomic E-state index is 13.1. The summed E-state index contributed by atoms with van der Waals surface area (Å²) in [4.78, 5) is 12.3. The molecule has 0 aliphatic rings. The van der Waals surface area contributed by atoms with Crippen LogP contribution < -0.4 is 0 Å². The third-order valence-electron chi connectivity index (χ3n) is 3.09. The average Bonchev–Trinajstić information content (AvgIpc) is 2.90. The first kappa shape index (κ1) is 15.2. The highest BCUT2D eigenvalue weighted by Gasteiger charge is 2.29. The summed E-state index contributed by atoms with van der Waals surface area (Å²) in [6.07, 6.45) is 2.48. The van der Waals surface area contributed by atoms with Crippen LogP contribution in [0, 0.1) is 5.82 Å². The zero-order valence-corrected chi connectivity index (χ0v) is 12.1. The summed E-state index contributed by atoms with van der Waals surface area (Å²) in [5.41, 5.74) is 0.639. The van der Waals surface area contributed by atoms with Gasteiger partial charge >= 0.3 is 5.97 Å². The quantitative estimate of drug-likeness (QED) is 0.767. The summed E-state index contributed by atoms with van der Waals surface area (Å²) < 4.78 is 20.0. The molecular weight excluding hydrogens is 273 g/mol. The highest BCUT2D eigenvalue weighted by Crippen LogP contribution is 2.25. The Morgan fingerprint density at radius 3 is 2.67 bits per heavy atom. The zero-order valence-electron chi connectivity index (χ0n) is 12.1. The first-order valence-corrected chi connectivity index (χ1v) is 6.97. The minimum atomic E-state index is -0.695. The number of ether oxygens (including phenoxy) is 1. The SMILES string of the molecule is CCCn1cnnc1C(C(=O)OCC)c1ccc(F)cc1. The summed E-state index contributed by atoms with van der Waals surface area (Å²) in [5.74, 6) is -0.938. The number of rotatable bonds is 6. The van der Waals surface area contributed by atoms with Crippen LogP contribution in [0.1, 0.15) is 37.6 Å². The molecule has 2 rings (SSSR count). The summed E-state index contributed by atoms with van der Waals surface area (Å²) in [6.45, 7) is 4.76. The normalized spacial score (nSPS) is 12.1. The van der Waals surface area contributed by atoms with Gasteiger partial charge in [-0.15, -0.1) is 10.2 Å². The minimum absolute atomic E-state index is 0.276. The van der Waals surface area contributed by atoms with Gasteiger partial charge in [0.15, 0.2) is 5.82 Å². The van der Waals surface area contributed by atoms with E-state index in [1.807, 2.05) is 11.5 Å². The predicted molar refractivity (Wildman–Crippen MR) is 75.2 cm³/mol. The number of benzene rings is 1. The number of nitrogens with zero attached hydrogens (tertiary/aromatic N) is 3. The molecule has 1 aromatic heterocycles. The Labute approximate surface area is 122 Å². The van der Waals surface area contributed by atoms with Crippen LogP contribution in [0.2, 0.25) is 0 Å². The lowest BCUT2D eigenvalue weighted by Crippen LogP contribution is -2.21. The third kappa shape index (κ3) is 3.45. The minimum Gasteiger partial charge on any atom is -0.465 e. The van der Waals surface area contributed by atoms with Gasteiger partial charge in [0.1, 0.15) is 18.1 Å². The smallest absolute Gasteiger partial charge is 0.321 e. The molecule has 1 atom stereocenters. The van der Waals surface area contributed by atoms with Gasteiger partial charge in [0.2, 0.25) is 0 Å². The van der Waals surface area contributed by atoms with Crippen LogP contribution in [-0.2, 0) is 16.1 Å². The molecule has 2 aromatic rings. The van der Waals surface area contributed by atoms with Crippen molar-refractivity contribution in [2.75, 3.05) is 6.61 Å². The first-order valence-electron chi connectivity index (χ1n) is 6.97. The fourth-order valence-corrected chi connectivity index (χ4v) is 2.17. The van der Waals surface area contributed by atoms with Crippen LogP contribution in [0.3, 0.4) is 0 Å². The molecule has 0 saturated heterocycles. The molecule has 0 radical (unpaired) electrons. The van der Waals surface area contributed by atoms with E-state index < -0.39 is 11.9 Å². The zero-order chi connectivity index (χ0) is 15.2. The van der Waals surface area contributed by atoms with Crippen molar-refractivity contribution in [3.63, 3.8) is 0 Å². The number of halogens is 1. The van der Waals surface area contributed by atoms with E-state index in [9.17, 15) is 9.18 Å². The average molecular weight is 291 g/mol. The summed E-state index contributed by atoms with van der Waals surface area (Å²) in [5, 5.41) is 7.93. The Kier molecular flexibility index (Phi) is 5.03. The largest absolute Gasteiger partial charge is 0.465 e. The van der Waals surface area contributed by atoms with Crippen molar-refractivity contribution in [2.24, 2.45) is 0 Å². The van der Waals surface area contributed by atoms with Gasteiger partial charge in [-0.1, -0.05) is 19.1 Å². The molecule has 1 aromatic carbocycles. The van der Waals surface area contributed by atoms with Crippen molar-refractivity contribution in [2.45, 2.75) is 32.7 Å². The molecule has 0 spiro atoms. The van der Waals surface area contributed by atoms with E-state index in [1.165, 1.54) is 12.1 Å². The van der Waals surface area contributed by atoms with Crippen LogP contribution in [0.4, 0.5) is 4.39 Å². The molecule has 112 valence electrons. The Bertz CT molecular complexity index is 595. The number of hydrogen-bond donors (Lipinski definition) is 0. The lowest BCUT2D eigenvalue weighted by atomic mass is 9.98. The molecule has 0 saturated carbocycles. The summed E-state index contributed by atoms with van der Waals surface area (Å²) in [6, 6.07) is 5.79. The summed E-state index contributed by atoms with van der Waals surface area (Å²) >= 11 is 0. The maximum Gasteiger partial charge on any atom is 0.321 e. The third-order valence-corrected chi connectivity index (χ3v) is 3.09. The fraction of sp³-hybridized carbons (Fsp3) is 0.400. The molecule has 1 unspecified atom stereocenters. The van der Waals surface area contributed by atoms with Crippen molar-refractivity contribution in [3.8, 4) is 0 Å². The second-order valence-electron chi connectivity index (χ2n) is 4.62. The van der Waals surface area contributed by atoms with Gasteiger partial charge in [-0.05, 0) is 31.0 Å². The monoisotopic (exact) mass is 291 g/mol. The first-order chi connectivity index (χ1) is 10.2. The molecule has 21 heavy (non-hydrogen) atoms. The van der Waals surface area contributed by atoms with Crippen LogP contribution in [0.15, 0.2) is 30.6 Å². The van der Waals surface area contributed by atoms with E-state index >= 15 is 0 Å². The highest BCUT2D eigenvalue weighted by atomic mass is 19.1. The van der Waals surface area contributed by atoms with Gasteiger partial charge in [-0.3, -0.25) is 4.79 Å². The molecular formula is C15H18FN3O2. The van der Waals surface area contributed by atoms with Gasteiger partial charge < -0.3 is 9.30 Å². The molecule has 0 bridgehead atoms. The van der Waals surface area contributed by atoms with Crippen molar-refractivity contribution in [3.05, 3.63) is 47.8 Å². The molecule has 0 aliphatic heterocycles. The number of carbonyl (C=O) groups excluding carboxylic acids is 1. The van der Waals surface area contributed by atoms with E-state index in [4.69, 9.17) is 4.74 Å². The van der Waals surface area contributed by atoms with E-state index in [-0.39, 0.29) is 12.4 Å². The number of aryl methyl sites for hydroxylation is 1. The fourth-order valence-electron chi connectivity index (χ4n) is 2.17. The molecule has 0 N–H and O–H groups in total. The number of hydrogen-bond acceptors (Lipinski definition) is 4. The van der Waals surface area contributed by atoms with Crippen molar-refractivity contribution in [1.82, 2.24) is 14.8 Å². The number of esters is 1. The van der Waals surface area contributed by atoms with Gasteiger partial charge in [-0.2, -0.15) is 0 Å². The predicted octanol–water partition coefficient (Wildman–Crippen LogP) is 2.52. The van der Waals surface area contributed by atoms with E-state index in [0.717, 1.165) is 6.42 Å². The van der Waals surface area contributed by atoms with Gasteiger partial charge in [0.05, 0.1) is 6.61 Å². The number of carbonyl (C=O) groups is 1. The Morgan fingerprint density at radius 2 is 2.05 bits per heavy atom. The van der Waals surface area contributed by atoms with Crippen LogP contribution in [0.25, 0.3) is 0 Å². The van der Waals surface area contributed by atoms with E-state index in [2.05, 4.69) is 10.2 Å². The van der Waals surface area contributed by atoms with Gasteiger partial charge in [-0.25, -0.2) is 4.39 Å². The van der Waals surface area contributed by atoms with Crippen molar-refractivity contribution < 1.29 is 13.9 Å². The second kappa shape index (κ2) is 6.97. The van der Waals surface area contributed by atoms with Crippen LogP contribution in [-0.4, -0.2) is 27.3 Å². The van der Waals surface area contributed by atoms with Crippen molar-refractivity contribution in [1.29, 1.82) is 0 Å². The van der Waals surface area contributed by atoms with Gasteiger partial charge in [0.25, 0.3) is 0 Å². The molecule has 6 heteroatoms. The molecule has 1 heterocycles. The molecule has 5 nitrogen and oxygen atoms in total. The number of aromatic nitrogens is 3. The standard InChI is InChI=1S/C15H18FN3O2/c1-3-9-19-10-17-18-14(19)13(15(20)21-4-2)11-5-7-12(16)8-6-11/h5-8,10,13H,3-4,9H2,1-2H3. The second-order valence-corrected chi connectivity index (χ2v) is 4.62. The van der Waals surface area contributed by atoms with Crippen LogP contribution in [0.5, 0.6) is 0 Å². The Morgan fingerprint density at radius 1 is 1.33 bits per heavy atom. The Hall–Kier alpha value is -2.24. The summed E-state index contributed by atoms with van der Waals surface area (Å²) in [7, 11) is 0. The molecule has 0 aliphatic carbocycles. The highest BCUT2D eigenvalue weighted by molar-refractivity contribution is 5.81. The molecule has 0 amide bonds. The Balaban J connectivity index is 2.42. The van der Waals surface area contributed by atoms with Crippen LogP contribution >= 0.6 is 0 Å². The van der Waals surface area contributed by atoms with E-state index in [1.54, 1.807) is 25.4 Å².